The molecule has 0 fully saturated rings. The van der Waals surface area contributed by atoms with Crippen LogP contribution in [0.5, 0.6) is 0 Å². The predicted molar refractivity (Wildman–Crippen MR) is 104 cm³/mol. The maximum Gasteiger partial charge on any atom is 0.251 e. The van der Waals surface area contributed by atoms with Gasteiger partial charge in [0, 0.05) is 43.2 Å². The predicted octanol–water partition coefficient (Wildman–Crippen LogP) is 3.69. The van der Waals surface area contributed by atoms with Crippen molar-refractivity contribution in [3.05, 3.63) is 65.4 Å². The van der Waals surface area contributed by atoms with Gasteiger partial charge in [-0.3, -0.25) is 14.7 Å². The van der Waals surface area contributed by atoms with Gasteiger partial charge in [-0.2, -0.15) is 0 Å². The van der Waals surface area contributed by atoms with Crippen molar-refractivity contribution in [2.45, 2.75) is 6.92 Å². The molecule has 0 saturated carbocycles. The lowest BCUT2D eigenvalue weighted by molar-refractivity contribution is 0.0937. The quantitative estimate of drug-likeness (QED) is 0.644. The third-order valence-corrected chi connectivity index (χ3v) is 4.59. The molecular formula is C19H20N4O2S. The van der Waals surface area contributed by atoms with Crippen molar-refractivity contribution >= 4 is 33.8 Å². The van der Waals surface area contributed by atoms with Crippen molar-refractivity contribution in [1.82, 2.24) is 15.3 Å². The maximum atomic E-state index is 12.4. The highest BCUT2D eigenvalue weighted by atomic mass is 32.1. The third-order valence-electron chi connectivity index (χ3n) is 3.84. The Hall–Kier alpha value is -2.77. The van der Waals surface area contributed by atoms with E-state index < -0.39 is 0 Å². The molecule has 0 atom stereocenters. The molecule has 0 bridgehead atoms. The van der Waals surface area contributed by atoms with E-state index in [1.807, 2.05) is 47.5 Å². The SMILES string of the molecule is COCCNC(=O)c1ccc(C)c(N(c2ccncc2)c2nccs2)c1. The first-order valence-electron chi connectivity index (χ1n) is 8.18. The number of hydrogen-bond donors (Lipinski definition) is 1. The van der Waals surface area contributed by atoms with E-state index in [1.165, 1.54) is 11.3 Å². The van der Waals surface area contributed by atoms with Gasteiger partial charge in [0.1, 0.15) is 0 Å². The summed E-state index contributed by atoms with van der Waals surface area (Å²) in [5, 5.41) is 5.62. The van der Waals surface area contributed by atoms with E-state index in [0.717, 1.165) is 22.1 Å². The second-order valence-corrected chi connectivity index (χ2v) is 6.48. The van der Waals surface area contributed by atoms with Crippen molar-refractivity contribution < 1.29 is 9.53 Å². The van der Waals surface area contributed by atoms with Crippen LogP contribution < -0.4 is 10.2 Å². The lowest BCUT2D eigenvalue weighted by atomic mass is 10.1. The lowest BCUT2D eigenvalue weighted by Crippen LogP contribution is -2.27. The zero-order valence-electron chi connectivity index (χ0n) is 14.7. The highest BCUT2D eigenvalue weighted by Crippen LogP contribution is 2.37. The number of thiazole rings is 1. The normalized spacial score (nSPS) is 10.5. The van der Waals surface area contributed by atoms with Gasteiger partial charge < -0.3 is 10.1 Å². The number of nitrogens with one attached hydrogen (secondary N) is 1. The van der Waals surface area contributed by atoms with Gasteiger partial charge in [-0.25, -0.2) is 4.98 Å². The number of nitrogens with zero attached hydrogens (tertiary/aromatic N) is 3. The second-order valence-electron chi connectivity index (χ2n) is 5.61. The van der Waals surface area contributed by atoms with E-state index in [2.05, 4.69) is 15.3 Å². The largest absolute Gasteiger partial charge is 0.383 e. The fraction of sp³-hybridized carbons (Fsp3) is 0.211. The average molecular weight is 368 g/mol. The molecule has 0 radical (unpaired) electrons. The van der Waals surface area contributed by atoms with Gasteiger partial charge in [-0.05, 0) is 36.8 Å². The Bertz CT molecular complexity index is 853. The van der Waals surface area contributed by atoms with Crippen LogP contribution in [0.2, 0.25) is 0 Å². The van der Waals surface area contributed by atoms with Crippen LogP contribution in [-0.2, 0) is 4.74 Å². The number of carbonyl (C=O) groups excluding carboxylic acids is 1. The Morgan fingerprint density at radius 2 is 2.04 bits per heavy atom. The van der Waals surface area contributed by atoms with Gasteiger partial charge in [-0.15, -0.1) is 11.3 Å². The Morgan fingerprint density at radius 3 is 2.73 bits per heavy atom. The number of ether oxygens (including phenoxy) is 1. The van der Waals surface area contributed by atoms with Crippen LogP contribution in [0.15, 0.2) is 54.3 Å². The summed E-state index contributed by atoms with van der Waals surface area (Å²) in [5.74, 6) is -0.128. The van der Waals surface area contributed by atoms with Crippen molar-refractivity contribution in [3.8, 4) is 0 Å². The first-order valence-corrected chi connectivity index (χ1v) is 9.06. The molecule has 2 aromatic heterocycles. The van der Waals surface area contributed by atoms with Crippen molar-refractivity contribution in [2.75, 3.05) is 25.2 Å². The van der Waals surface area contributed by atoms with E-state index in [9.17, 15) is 4.79 Å². The number of anilines is 3. The molecule has 7 heteroatoms. The second kappa shape index (κ2) is 8.55. The molecule has 134 valence electrons. The summed E-state index contributed by atoms with van der Waals surface area (Å²) in [6, 6.07) is 9.51. The van der Waals surface area contributed by atoms with Crippen molar-refractivity contribution in [1.29, 1.82) is 0 Å². The summed E-state index contributed by atoms with van der Waals surface area (Å²) >= 11 is 1.54. The molecule has 3 aromatic rings. The van der Waals surface area contributed by atoms with Gasteiger partial charge in [0.2, 0.25) is 0 Å². The Balaban J connectivity index is 1.99. The molecule has 1 N–H and O–H groups in total. The lowest BCUT2D eigenvalue weighted by Gasteiger charge is -2.24. The molecule has 3 rings (SSSR count). The summed E-state index contributed by atoms with van der Waals surface area (Å²) in [4.78, 5) is 23.0. The summed E-state index contributed by atoms with van der Waals surface area (Å²) < 4.78 is 4.98. The number of hydrogen-bond acceptors (Lipinski definition) is 6. The first kappa shape index (κ1) is 18.0. The van der Waals surface area contributed by atoms with Crippen LogP contribution in [-0.4, -0.2) is 36.1 Å². The molecule has 0 aliphatic rings. The highest BCUT2D eigenvalue weighted by Gasteiger charge is 2.18. The molecule has 1 aromatic carbocycles. The van der Waals surface area contributed by atoms with Crippen LogP contribution in [0.25, 0.3) is 0 Å². The molecule has 0 aliphatic heterocycles. The summed E-state index contributed by atoms with van der Waals surface area (Å²) in [7, 11) is 1.61. The van der Waals surface area contributed by atoms with Gasteiger partial charge in [0.25, 0.3) is 5.91 Å². The van der Waals surface area contributed by atoms with Crippen LogP contribution >= 0.6 is 11.3 Å². The number of benzene rings is 1. The van der Waals surface area contributed by atoms with E-state index in [-0.39, 0.29) is 5.91 Å². The fourth-order valence-corrected chi connectivity index (χ4v) is 3.21. The van der Waals surface area contributed by atoms with E-state index in [1.54, 1.807) is 25.7 Å². The van der Waals surface area contributed by atoms with E-state index in [0.29, 0.717) is 18.7 Å². The van der Waals surface area contributed by atoms with Gasteiger partial charge in [0.05, 0.1) is 18.0 Å². The van der Waals surface area contributed by atoms with Crippen molar-refractivity contribution in [2.24, 2.45) is 0 Å². The van der Waals surface area contributed by atoms with Crippen LogP contribution in [0.1, 0.15) is 15.9 Å². The minimum atomic E-state index is -0.128. The monoisotopic (exact) mass is 368 g/mol. The summed E-state index contributed by atoms with van der Waals surface area (Å²) in [5.41, 5.74) is 3.49. The zero-order valence-corrected chi connectivity index (χ0v) is 15.5. The third kappa shape index (κ3) is 4.07. The number of rotatable bonds is 7. The van der Waals surface area contributed by atoms with Crippen LogP contribution in [0.3, 0.4) is 0 Å². The number of carbonyl (C=O) groups is 1. The minimum absolute atomic E-state index is 0.128. The van der Waals surface area contributed by atoms with E-state index in [4.69, 9.17) is 4.74 Å². The minimum Gasteiger partial charge on any atom is -0.383 e. The maximum absolute atomic E-state index is 12.4. The smallest absolute Gasteiger partial charge is 0.251 e. The molecular weight excluding hydrogens is 348 g/mol. The number of methoxy groups -OCH3 is 1. The molecule has 6 nitrogen and oxygen atoms in total. The number of amides is 1. The Kier molecular flexibility index (Phi) is 5.93. The number of aryl methyl sites for hydroxylation is 1. The zero-order chi connectivity index (χ0) is 18.4. The molecule has 26 heavy (non-hydrogen) atoms. The number of aromatic nitrogens is 2. The average Bonchev–Trinajstić information content (AvgIpc) is 3.19. The van der Waals surface area contributed by atoms with Crippen LogP contribution in [0, 0.1) is 6.92 Å². The fourth-order valence-electron chi connectivity index (χ4n) is 2.53. The van der Waals surface area contributed by atoms with Crippen molar-refractivity contribution in [3.63, 3.8) is 0 Å². The summed E-state index contributed by atoms with van der Waals surface area (Å²) in [6.07, 6.45) is 5.25. The molecule has 1 amide bonds. The Labute approximate surface area is 156 Å². The number of pyridine rings is 1. The Morgan fingerprint density at radius 1 is 1.23 bits per heavy atom. The molecule has 0 unspecified atom stereocenters. The first-order chi connectivity index (χ1) is 12.7. The van der Waals surface area contributed by atoms with Gasteiger partial charge >= 0.3 is 0 Å². The molecule has 2 heterocycles. The highest BCUT2D eigenvalue weighted by molar-refractivity contribution is 7.13. The molecule has 0 saturated heterocycles. The van der Waals surface area contributed by atoms with Gasteiger partial charge in [0.15, 0.2) is 5.13 Å². The standard InChI is InChI=1S/C19H20N4O2S/c1-14-3-4-15(18(24)21-9-11-25-2)13-17(14)23(19-22-10-12-26-19)16-5-7-20-8-6-16/h3-8,10,12-13H,9,11H2,1-2H3,(H,21,24). The molecule has 0 aliphatic carbocycles. The van der Waals surface area contributed by atoms with Gasteiger partial charge in [-0.1, -0.05) is 6.07 Å². The van der Waals surface area contributed by atoms with Crippen LogP contribution in [0.4, 0.5) is 16.5 Å². The summed E-state index contributed by atoms with van der Waals surface area (Å²) in [6.45, 7) is 2.97. The van der Waals surface area contributed by atoms with E-state index >= 15 is 0 Å². The topological polar surface area (TPSA) is 67.3 Å². The molecule has 0 spiro atoms.